The fraction of sp³-hybridized carbons (Fsp3) is 1.00. The van der Waals surface area contributed by atoms with Crippen molar-refractivity contribution >= 4 is 11.6 Å². The van der Waals surface area contributed by atoms with Crippen LogP contribution in [0, 0.1) is 0 Å². The third kappa shape index (κ3) is 8.10. The summed E-state index contributed by atoms with van der Waals surface area (Å²) < 4.78 is 0. The minimum atomic E-state index is 0.267. The summed E-state index contributed by atoms with van der Waals surface area (Å²) in [5, 5.41) is 0. The van der Waals surface area contributed by atoms with Crippen molar-refractivity contribution in [2.24, 2.45) is 0 Å². The fourth-order valence-corrected chi connectivity index (χ4v) is 2.02. The lowest BCUT2D eigenvalue weighted by Gasteiger charge is -2.27. The van der Waals surface area contributed by atoms with Crippen molar-refractivity contribution in [3.8, 4) is 0 Å². The summed E-state index contributed by atoms with van der Waals surface area (Å²) in [4.78, 5) is 2.46. The normalized spacial score (nSPS) is 13.4. The molecule has 1 nitrogen and oxygen atoms in total. The van der Waals surface area contributed by atoms with Crippen LogP contribution >= 0.6 is 11.6 Å². The molecule has 0 spiro atoms. The van der Waals surface area contributed by atoms with Crippen molar-refractivity contribution in [2.75, 3.05) is 13.1 Å². The third-order valence-electron chi connectivity index (χ3n) is 2.79. The summed E-state index contributed by atoms with van der Waals surface area (Å²) in [5.74, 6) is 0. The van der Waals surface area contributed by atoms with Crippen molar-refractivity contribution in [3.63, 3.8) is 0 Å². The maximum atomic E-state index is 6.42. The van der Waals surface area contributed by atoms with Gasteiger partial charge < -0.3 is 0 Å². The monoisotopic (exact) mass is 233 g/mol. The molecular weight excluding hydrogens is 206 g/mol. The van der Waals surface area contributed by atoms with E-state index in [1.54, 1.807) is 0 Å². The molecule has 0 saturated carbocycles. The molecule has 0 aromatic heterocycles. The van der Waals surface area contributed by atoms with Gasteiger partial charge in [-0.2, -0.15) is 0 Å². The number of rotatable bonds is 10. The Morgan fingerprint density at radius 1 is 0.867 bits per heavy atom. The molecule has 2 heteroatoms. The van der Waals surface area contributed by atoms with Gasteiger partial charge in [0.15, 0.2) is 0 Å². The maximum Gasteiger partial charge on any atom is 0.0850 e. The highest BCUT2D eigenvalue weighted by atomic mass is 35.5. The molecule has 0 N–H and O–H groups in total. The highest BCUT2D eigenvalue weighted by molar-refractivity contribution is 6.20. The van der Waals surface area contributed by atoms with Gasteiger partial charge in [-0.15, -0.1) is 11.6 Å². The molecule has 0 aliphatic rings. The van der Waals surface area contributed by atoms with Gasteiger partial charge in [-0.1, -0.05) is 46.5 Å². The first-order valence-corrected chi connectivity index (χ1v) is 7.07. The number of nitrogens with zero attached hydrogens (tertiary/aromatic N) is 1. The van der Waals surface area contributed by atoms with Crippen LogP contribution in [0.15, 0.2) is 0 Å². The second-order valence-corrected chi connectivity index (χ2v) is 4.82. The molecule has 0 amide bonds. The molecule has 0 fully saturated rings. The molecular formula is C13H28ClN. The Hall–Kier alpha value is 0.250. The van der Waals surface area contributed by atoms with Crippen molar-refractivity contribution in [2.45, 2.75) is 71.2 Å². The first-order chi connectivity index (χ1) is 7.26. The molecule has 0 aliphatic heterocycles. The molecule has 0 aromatic rings. The zero-order valence-corrected chi connectivity index (χ0v) is 11.5. The van der Waals surface area contributed by atoms with E-state index in [2.05, 4.69) is 25.7 Å². The van der Waals surface area contributed by atoms with E-state index in [0.29, 0.717) is 0 Å². The topological polar surface area (TPSA) is 3.24 Å². The SMILES string of the molecule is CCCCC(Cl)N(CCCC)CCCC. The van der Waals surface area contributed by atoms with Crippen LogP contribution in [0.4, 0.5) is 0 Å². The molecule has 1 atom stereocenters. The van der Waals surface area contributed by atoms with Gasteiger partial charge in [0, 0.05) is 0 Å². The van der Waals surface area contributed by atoms with Crippen LogP contribution in [-0.2, 0) is 0 Å². The van der Waals surface area contributed by atoms with E-state index < -0.39 is 0 Å². The maximum absolute atomic E-state index is 6.42. The number of halogens is 1. The van der Waals surface area contributed by atoms with Gasteiger partial charge >= 0.3 is 0 Å². The molecule has 1 unspecified atom stereocenters. The first kappa shape index (κ1) is 15.2. The summed E-state index contributed by atoms with van der Waals surface area (Å²) in [6.07, 6.45) is 8.73. The molecule has 15 heavy (non-hydrogen) atoms. The quantitative estimate of drug-likeness (QED) is 0.392. The summed E-state index contributed by atoms with van der Waals surface area (Å²) in [6.45, 7) is 9.06. The zero-order chi connectivity index (χ0) is 11.5. The average molecular weight is 234 g/mol. The Morgan fingerprint density at radius 3 is 1.73 bits per heavy atom. The van der Waals surface area contributed by atoms with Crippen LogP contribution in [0.3, 0.4) is 0 Å². The highest BCUT2D eigenvalue weighted by Crippen LogP contribution is 2.14. The van der Waals surface area contributed by atoms with E-state index in [1.165, 1.54) is 51.6 Å². The Bertz CT molecular complexity index is 120. The molecule has 0 radical (unpaired) electrons. The summed E-state index contributed by atoms with van der Waals surface area (Å²) >= 11 is 6.42. The van der Waals surface area contributed by atoms with Gasteiger partial charge in [-0.3, -0.25) is 4.90 Å². The van der Waals surface area contributed by atoms with Gasteiger partial charge in [0.25, 0.3) is 0 Å². The smallest absolute Gasteiger partial charge is 0.0850 e. The summed E-state index contributed by atoms with van der Waals surface area (Å²) in [6, 6.07) is 0. The predicted molar refractivity (Wildman–Crippen MR) is 70.6 cm³/mol. The van der Waals surface area contributed by atoms with E-state index in [-0.39, 0.29) is 5.50 Å². The number of unbranched alkanes of at least 4 members (excludes halogenated alkanes) is 3. The zero-order valence-electron chi connectivity index (χ0n) is 10.8. The minimum absolute atomic E-state index is 0.267. The van der Waals surface area contributed by atoms with Crippen molar-refractivity contribution < 1.29 is 0 Å². The standard InChI is InChI=1S/C13H28ClN/c1-4-7-10-13(14)15(11-8-5-2)12-9-6-3/h13H,4-12H2,1-3H3. The molecule has 0 heterocycles. The third-order valence-corrected chi connectivity index (χ3v) is 3.28. The largest absolute Gasteiger partial charge is 0.287 e. The molecule has 0 rings (SSSR count). The van der Waals surface area contributed by atoms with E-state index >= 15 is 0 Å². The molecule has 0 saturated heterocycles. The number of hydrogen-bond acceptors (Lipinski definition) is 1. The fourth-order valence-electron chi connectivity index (χ4n) is 1.67. The van der Waals surface area contributed by atoms with Crippen molar-refractivity contribution in [3.05, 3.63) is 0 Å². The van der Waals surface area contributed by atoms with Gasteiger partial charge in [0.1, 0.15) is 0 Å². The minimum Gasteiger partial charge on any atom is -0.287 e. The van der Waals surface area contributed by atoms with Gasteiger partial charge in [-0.05, 0) is 32.4 Å². The lowest BCUT2D eigenvalue weighted by Crippen LogP contribution is -2.33. The van der Waals surface area contributed by atoms with Crippen LogP contribution in [-0.4, -0.2) is 23.5 Å². The van der Waals surface area contributed by atoms with Gasteiger partial charge in [0.05, 0.1) is 5.50 Å². The number of hydrogen-bond donors (Lipinski definition) is 0. The van der Waals surface area contributed by atoms with Gasteiger partial charge in [-0.25, -0.2) is 0 Å². The summed E-state index contributed by atoms with van der Waals surface area (Å²) in [7, 11) is 0. The highest BCUT2D eigenvalue weighted by Gasteiger charge is 2.13. The van der Waals surface area contributed by atoms with Crippen molar-refractivity contribution in [1.29, 1.82) is 0 Å². The van der Waals surface area contributed by atoms with E-state index in [9.17, 15) is 0 Å². The molecule has 0 aromatic carbocycles. The van der Waals surface area contributed by atoms with Crippen LogP contribution in [0.2, 0.25) is 0 Å². The Labute approximate surface area is 101 Å². The van der Waals surface area contributed by atoms with Crippen molar-refractivity contribution in [1.82, 2.24) is 4.90 Å². The van der Waals surface area contributed by atoms with Crippen LogP contribution < -0.4 is 0 Å². The lowest BCUT2D eigenvalue weighted by molar-refractivity contribution is 0.232. The first-order valence-electron chi connectivity index (χ1n) is 6.64. The Balaban J connectivity index is 3.84. The average Bonchev–Trinajstić information content (AvgIpc) is 2.26. The van der Waals surface area contributed by atoms with E-state index in [1.807, 2.05) is 0 Å². The Morgan fingerprint density at radius 2 is 1.33 bits per heavy atom. The Kier molecular flexibility index (Phi) is 10.9. The summed E-state index contributed by atoms with van der Waals surface area (Å²) in [5.41, 5.74) is 0.267. The molecule has 0 aliphatic carbocycles. The van der Waals surface area contributed by atoms with Crippen LogP contribution in [0.1, 0.15) is 65.7 Å². The van der Waals surface area contributed by atoms with Crippen LogP contribution in [0.5, 0.6) is 0 Å². The lowest BCUT2D eigenvalue weighted by atomic mass is 10.2. The van der Waals surface area contributed by atoms with Crippen LogP contribution in [0.25, 0.3) is 0 Å². The molecule has 0 bridgehead atoms. The van der Waals surface area contributed by atoms with E-state index in [0.717, 1.165) is 6.42 Å². The van der Waals surface area contributed by atoms with E-state index in [4.69, 9.17) is 11.6 Å². The second-order valence-electron chi connectivity index (χ2n) is 4.32. The second kappa shape index (κ2) is 10.8. The number of alkyl halides is 1. The van der Waals surface area contributed by atoms with Gasteiger partial charge in [0.2, 0.25) is 0 Å². The predicted octanol–water partition coefficient (Wildman–Crippen LogP) is 4.64. The molecule has 92 valence electrons.